The van der Waals surface area contributed by atoms with Crippen LogP contribution in [0.2, 0.25) is 0 Å². The minimum Gasteiger partial charge on any atom is -0.460 e. The van der Waals surface area contributed by atoms with Crippen molar-refractivity contribution in [3.8, 4) is 0 Å². The van der Waals surface area contributed by atoms with Gasteiger partial charge < -0.3 is 9.47 Å². The van der Waals surface area contributed by atoms with Crippen LogP contribution in [0.1, 0.15) is 53.4 Å². The third-order valence-electron chi connectivity index (χ3n) is 2.18. The molecule has 0 radical (unpaired) electrons. The maximum atomic E-state index is 11.4. The van der Waals surface area contributed by atoms with E-state index in [0.717, 1.165) is 19.3 Å². The highest BCUT2D eigenvalue weighted by Crippen LogP contribution is 2.16. The first-order chi connectivity index (χ1) is 7.02. The minimum absolute atomic E-state index is 0.0988. The van der Waals surface area contributed by atoms with Crippen LogP contribution in [0.4, 0.5) is 0 Å². The highest BCUT2D eigenvalue weighted by Gasteiger charge is 2.22. The maximum Gasteiger partial charge on any atom is 0.306 e. The highest BCUT2D eigenvalue weighted by atomic mass is 16.6. The molecule has 0 aromatic carbocycles. The maximum absolute atomic E-state index is 11.4. The van der Waals surface area contributed by atoms with Crippen molar-refractivity contribution in [2.75, 3.05) is 13.2 Å². The summed E-state index contributed by atoms with van der Waals surface area (Å²) in [6.07, 6.45) is 3.20. The molecule has 15 heavy (non-hydrogen) atoms. The van der Waals surface area contributed by atoms with Gasteiger partial charge in [0.05, 0.1) is 6.61 Å². The number of carbonyl (C=O) groups excluding carboxylic acids is 1. The monoisotopic (exact) mass is 216 g/mol. The second-order valence-corrected chi connectivity index (χ2v) is 4.28. The van der Waals surface area contributed by atoms with E-state index in [1.807, 2.05) is 20.8 Å². The SMILES string of the molecule is CCCCC(=O)OC(C)(C)CCOCC. The highest BCUT2D eigenvalue weighted by molar-refractivity contribution is 5.69. The van der Waals surface area contributed by atoms with Crippen molar-refractivity contribution in [1.82, 2.24) is 0 Å². The fourth-order valence-corrected chi connectivity index (χ4v) is 1.19. The Hall–Kier alpha value is -0.570. The fourth-order valence-electron chi connectivity index (χ4n) is 1.19. The normalized spacial score (nSPS) is 11.5. The Kier molecular flexibility index (Phi) is 7.39. The molecule has 0 aromatic heterocycles. The molecule has 0 aliphatic heterocycles. The Bertz CT molecular complexity index is 176. The van der Waals surface area contributed by atoms with Crippen LogP contribution in [0.5, 0.6) is 0 Å². The predicted octanol–water partition coefficient (Wildman–Crippen LogP) is 2.93. The molecule has 0 aliphatic carbocycles. The van der Waals surface area contributed by atoms with Gasteiger partial charge in [-0.05, 0) is 27.2 Å². The molecule has 0 saturated heterocycles. The van der Waals surface area contributed by atoms with Crippen LogP contribution < -0.4 is 0 Å². The molecule has 0 heterocycles. The molecule has 0 amide bonds. The molecular weight excluding hydrogens is 192 g/mol. The van der Waals surface area contributed by atoms with E-state index in [1.54, 1.807) is 0 Å². The van der Waals surface area contributed by atoms with Gasteiger partial charge in [-0.2, -0.15) is 0 Å². The molecule has 3 heteroatoms. The fraction of sp³-hybridized carbons (Fsp3) is 0.917. The Labute approximate surface area is 93.1 Å². The largest absolute Gasteiger partial charge is 0.460 e. The number of hydrogen-bond acceptors (Lipinski definition) is 3. The van der Waals surface area contributed by atoms with E-state index >= 15 is 0 Å². The standard InChI is InChI=1S/C12H24O3/c1-5-7-8-11(13)15-12(3,4)9-10-14-6-2/h5-10H2,1-4H3. The van der Waals surface area contributed by atoms with E-state index in [1.165, 1.54) is 0 Å². The van der Waals surface area contributed by atoms with Gasteiger partial charge in [-0.15, -0.1) is 0 Å². The van der Waals surface area contributed by atoms with E-state index in [4.69, 9.17) is 9.47 Å². The summed E-state index contributed by atoms with van der Waals surface area (Å²) in [6, 6.07) is 0. The molecule has 0 fully saturated rings. The van der Waals surface area contributed by atoms with Gasteiger partial charge in [-0.25, -0.2) is 0 Å². The van der Waals surface area contributed by atoms with Crippen LogP contribution in [0, 0.1) is 0 Å². The molecule has 90 valence electrons. The van der Waals surface area contributed by atoms with Gasteiger partial charge >= 0.3 is 5.97 Å². The first kappa shape index (κ1) is 14.4. The van der Waals surface area contributed by atoms with E-state index in [9.17, 15) is 4.79 Å². The second-order valence-electron chi connectivity index (χ2n) is 4.28. The third-order valence-corrected chi connectivity index (χ3v) is 2.18. The first-order valence-corrected chi connectivity index (χ1v) is 5.81. The smallest absolute Gasteiger partial charge is 0.306 e. The van der Waals surface area contributed by atoms with Gasteiger partial charge in [0, 0.05) is 19.4 Å². The van der Waals surface area contributed by atoms with Crippen LogP contribution in [-0.4, -0.2) is 24.8 Å². The van der Waals surface area contributed by atoms with Crippen LogP contribution in [-0.2, 0) is 14.3 Å². The van der Waals surface area contributed by atoms with E-state index in [2.05, 4.69) is 6.92 Å². The van der Waals surface area contributed by atoms with Crippen molar-refractivity contribution >= 4 is 5.97 Å². The topological polar surface area (TPSA) is 35.5 Å². The quantitative estimate of drug-likeness (QED) is 0.462. The third kappa shape index (κ3) is 8.43. The first-order valence-electron chi connectivity index (χ1n) is 5.81. The van der Waals surface area contributed by atoms with Crippen molar-refractivity contribution in [3.05, 3.63) is 0 Å². The van der Waals surface area contributed by atoms with Gasteiger partial charge in [-0.1, -0.05) is 13.3 Å². The number of unbranched alkanes of at least 4 members (excludes halogenated alkanes) is 1. The lowest BCUT2D eigenvalue weighted by molar-refractivity contribution is -0.158. The lowest BCUT2D eigenvalue weighted by Gasteiger charge is -2.25. The van der Waals surface area contributed by atoms with Crippen molar-refractivity contribution in [2.24, 2.45) is 0 Å². The molecule has 0 spiro atoms. The number of ether oxygens (including phenoxy) is 2. The zero-order valence-electron chi connectivity index (χ0n) is 10.5. The number of rotatable bonds is 8. The summed E-state index contributed by atoms with van der Waals surface area (Å²) in [7, 11) is 0. The van der Waals surface area contributed by atoms with Crippen LogP contribution in [0.3, 0.4) is 0 Å². The van der Waals surface area contributed by atoms with Crippen molar-refractivity contribution < 1.29 is 14.3 Å². The van der Waals surface area contributed by atoms with Crippen molar-refractivity contribution in [2.45, 2.75) is 59.0 Å². The Morgan fingerprint density at radius 2 is 1.93 bits per heavy atom. The molecule has 0 N–H and O–H groups in total. The van der Waals surface area contributed by atoms with E-state index < -0.39 is 5.60 Å². The molecule has 0 aromatic rings. The van der Waals surface area contributed by atoms with Crippen molar-refractivity contribution in [1.29, 1.82) is 0 Å². The zero-order chi connectivity index (χ0) is 11.7. The predicted molar refractivity (Wildman–Crippen MR) is 60.8 cm³/mol. The number of carbonyl (C=O) groups is 1. The summed E-state index contributed by atoms with van der Waals surface area (Å²) in [5, 5.41) is 0. The number of hydrogen-bond donors (Lipinski definition) is 0. The molecule has 3 nitrogen and oxygen atoms in total. The van der Waals surface area contributed by atoms with Gasteiger partial charge in [0.25, 0.3) is 0 Å². The molecule has 0 rings (SSSR count). The average Bonchev–Trinajstić information content (AvgIpc) is 2.14. The van der Waals surface area contributed by atoms with Gasteiger partial charge in [0.15, 0.2) is 0 Å². The summed E-state index contributed by atoms with van der Waals surface area (Å²) >= 11 is 0. The molecular formula is C12H24O3. The molecule has 0 atom stereocenters. The van der Waals surface area contributed by atoms with Gasteiger partial charge in [0.1, 0.15) is 5.60 Å². The minimum atomic E-state index is -0.403. The van der Waals surface area contributed by atoms with E-state index in [-0.39, 0.29) is 5.97 Å². The summed E-state index contributed by atoms with van der Waals surface area (Å²) in [5.41, 5.74) is -0.403. The molecule has 0 bridgehead atoms. The summed E-state index contributed by atoms with van der Waals surface area (Å²) in [5.74, 6) is -0.0988. The van der Waals surface area contributed by atoms with Crippen LogP contribution in [0.15, 0.2) is 0 Å². The molecule has 0 saturated carbocycles. The van der Waals surface area contributed by atoms with Gasteiger partial charge in [0.2, 0.25) is 0 Å². The lowest BCUT2D eigenvalue weighted by Crippen LogP contribution is -2.29. The zero-order valence-corrected chi connectivity index (χ0v) is 10.5. The molecule has 0 aliphatic rings. The second kappa shape index (κ2) is 7.69. The Balaban J connectivity index is 3.75. The van der Waals surface area contributed by atoms with Crippen LogP contribution in [0.25, 0.3) is 0 Å². The van der Waals surface area contributed by atoms with Crippen LogP contribution >= 0.6 is 0 Å². The van der Waals surface area contributed by atoms with Crippen molar-refractivity contribution in [3.63, 3.8) is 0 Å². The van der Waals surface area contributed by atoms with Gasteiger partial charge in [-0.3, -0.25) is 4.79 Å². The van der Waals surface area contributed by atoms with E-state index in [0.29, 0.717) is 19.6 Å². The number of esters is 1. The average molecular weight is 216 g/mol. The molecule has 0 unspecified atom stereocenters. The lowest BCUT2D eigenvalue weighted by atomic mass is 10.1. The Morgan fingerprint density at radius 1 is 1.27 bits per heavy atom. The Morgan fingerprint density at radius 3 is 2.47 bits per heavy atom. The summed E-state index contributed by atoms with van der Waals surface area (Å²) in [6.45, 7) is 9.23. The summed E-state index contributed by atoms with van der Waals surface area (Å²) in [4.78, 5) is 11.4. The summed E-state index contributed by atoms with van der Waals surface area (Å²) < 4.78 is 10.6.